The second-order valence-electron chi connectivity index (χ2n) is 5.87. The van der Waals surface area contributed by atoms with Crippen molar-refractivity contribution in [1.29, 1.82) is 0 Å². The van der Waals surface area contributed by atoms with Gasteiger partial charge in [0.15, 0.2) is 0 Å². The maximum Gasteiger partial charge on any atom is 0.250 e. The molecule has 126 valence electrons. The number of halogens is 1. The van der Waals surface area contributed by atoms with Crippen molar-refractivity contribution in [3.8, 4) is 0 Å². The largest absolute Gasteiger partial charge is 0.366 e. The average molecular weight is 345 g/mol. The van der Waals surface area contributed by atoms with E-state index in [1.807, 2.05) is 54.6 Å². The van der Waals surface area contributed by atoms with Crippen LogP contribution in [0.25, 0.3) is 0 Å². The number of amides is 1. The number of morpholine rings is 1. The van der Waals surface area contributed by atoms with Gasteiger partial charge >= 0.3 is 0 Å². The summed E-state index contributed by atoms with van der Waals surface area (Å²) in [5.74, 6) is -0.0787. The van der Waals surface area contributed by atoms with E-state index in [0.717, 1.165) is 17.7 Å². The molecule has 3 rings (SSSR count). The maximum absolute atomic E-state index is 12.5. The van der Waals surface area contributed by atoms with Crippen molar-refractivity contribution in [2.75, 3.05) is 19.7 Å². The van der Waals surface area contributed by atoms with Crippen LogP contribution in [0.4, 0.5) is 0 Å². The Kier molecular flexibility index (Phi) is 5.86. The summed E-state index contributed by atoms with van der Waals surface area (Å²) in [5.41, 5.74) is 2.20. The van der Waals surface area contributed by atoms with Gasteiger partial charge in [0.2, 0.25) is 0 Å². The van der Waals surface area contributed by atoms with Crippen LogP contribution >= 0.6 is 11.6 Å². The molecule has 2 aromatic rings. The third-order valence-corrected chi connectivity index (χ3v) is 4.34. The van der Waals surface area contributed by atoms with E-state index in [2.05, 4.69) is 10.6 Å². The van der Waals surface area contributed by atoms with E-state index in [1.54, 1.807) is 0 Å². The van der Waals surface area contributed by atoms with Gasteiger partial charge < -0.3 is 15.4 Å². The van der Waals surface area contributed by atoms with Crippen molar-refractivity contribution in [3.63, 3.8) is 0 Å². The fourth-order valence-electron chi connectivity index (χ4n) is 2.79. The normalized spacial score (nSPS) is 18.8. The van der Waals surface area contributed by atoms with Crippen molar-refractivity contribution in [2.45, 2.75) is 18.6 Å². The van der Waals surface area contributed by atoms with Crippen molar-refractivity contribution in [1.82, 2.24) is 10.6 Å². The molecule has 0 radical (unpaired) electrons. The van der Waals surface area contributed by atoms with E-state index in [0.29, 0.717) is 24.6 Å². The van der Waals surface area contributed by atoms with Crippen LogP contribution in [0.15, 0.2) is 54.6 Å². The summed E-state index contributed by atoms with van der Waals surface area (Å²) in [6.07, 6.45) is 0.266. The molecule has 4 nitrogen and oxygen atoms in total. The van der Waals surface area contributed by atoms with Crippen LogP contribution in [0.5, 0.6) is 0 Å². The van der Waals surface area contributed by atoms with Crippen LogP contribution in [0, 0.1) is 0 Å². The molecule has 0 bridgehead atoms. The Balaban J connectivity index is 1.74. The second-order valence-corrected chi connectivity index (χ2v) is 6.30. The molecule has 1 fully saturated rings. The van der Waals surface area contributed by atoms with Gasteiger partial charge in [-0.05, 0) is 29.7 Å². The zero-order valence-corrected chi connectivity index (χ0v) is 14.1. The number of hydrogen-bond donors (Lipinski definition) is 2. The Hall–Kier alpha value is -1.88. The minimum atomic E-state index is -0.435. The number of hydrogen-bond acceptors (Lipinski definition) is 3. The summed E-state index contributed by atoms with van der Waals surface area (Å²) < 4.78 is 5.55. The predicted octanol–water partition coefficient (Wildman–Crippen LogP) is 2.73. The third kappa shape index (κ3) is 4.57. The van der Waals surface area contributed by atoms with Gasteiger partial charge in [0.05, 0.1) is 12.6 Å². The SMILES string of the molecule is O=C(NC(Cc1ccc(Cl)cc1)c1ccccc1)C1CNCCO1. The van der Waals surface area contributed by atoms with Gasteiger partial charge in [-0.25, -0.2) is 0 Å². The smallest absolute Gasteiger partial charge is 0.250 e. The van der Waals surface area contributed by atoms with Crippen LogP contribution < -0.4 is 10.6 Å². The van der Waals surface area contributed by atoms with Crippen molar-refractivity contribution < 1.29 is 9.53 Å². The van der Waals surface area contributed by atoms with Gasteiger partial charge in [-0.1, -0.05) is 54.1 Å². The lowest BCUT2D eigenvalue weighted by molar-refractivity contribution is -0.135. The standard InChI is InChI=1S/C19H21ClN2O2/c20-16-8-6-14(7-9-16)12-17(15-4-2-1-3-5-15)22-19(23)18-13-21-10-11-24-18/h1-9,17-18,21H,10-13H2,(H,22,23). The van der Waals surface area contributed by atoms with Crippen LogP contribution in [0.2, 0.25) is 5.02 Å². The number of carbonyl (C=O) groups is 1. The van der Waals surface area contributed by atoms with Gasteiger partial charge in [0.25, 0.3) is 5.91 Å². The minimum absolute atomic E-state index is 0.0787. The molecule has 1 aliphatic heterocycles. The quantitative estimate of drug-likeness (QED) is 0.877. The molecular formula is C19H21ClN2O2. The topological polar surface area (TPSA) is 50.4 Å². The highest BCUT2D eigenvalue weighted by atomic mass is 35.5. The zero-order valence-electron chi connectivity index (χ0n) is 13.4. The maximum atomic E-state index is 12.5. The summed E-state index contributed by atoms with van der Waals surface area (Å²) in [5, 5.41) is 7.02. The van der Waals surface area contributed by atoms with Crippen molar-refractivity contribution >= 4 is 17.5 Å². The van der Waals surface area contributed by atoms with Crippen molar-refractivity contribution in [3.05, 3.63) is 70.7 Å². The lowest BCUT2D eigenvalue weighted by Crippen LogP contribution is -2.48. The molecule has 1 aliphatic rings. The summed E-state index contributed by atoms with van der Waals surface area (Å²) in [6.45, 7) is 1.90. The summed E-state index contributed by atoms with van der Waals surface area (Å²) in [7, 11) is 0. The highest BCUT2D eigenvalue weighted by molar-refractivity contribution is 6.30. The number of benzene rings is 2. The first-order valence-corrected chi connectivity index (χ1v) is 8.52. The van der Waals surface area contributed by atoms with Crippen LogP contribution in [0.3, 0.4) is 0 Å². The van der Waals surface area contributed by atoms with Crippen LogP contribution in [0.1, 0.15) is 17.2 Å². The van der Waals surface area contributed by atoms with Crippen LogP contribution in [-0.4, -0.2) is 31.7 Å². The van der Waals surface area contributed by atoms with Gasteiger partial charge in [-0.2, -0.15) is 0 Å². The molecule has 0 aromatic heterocycles. The molecule has 24 heavy (non-hydrogen) atoms. The van der Waals surface area contributed by atoms with E-state index in [1.165, 1.54) is 0 Å². The highest BCUT2D eigenvalue weighted by Crippen LogP contribution is 2.20. The summed E-state index contributed by atoms with van der Waals surface area (Å²) >= 11 is 5.96. The van der Waals surface area contributed by atoms with E-state index in [4.69, 9.17) is 16.3 Å². The number of carbonyl (C=O) groups excluding carboxylic acids is 1. The fourth-order valence-corrected chi connectivity index (χ4v) is 2.92. The number of rotatable bonds is 5. The molecule has 0 aliphatic carbocycles. The first-order chi connectivity index (χ1) is 11.7. The third-order valence-electron chi connectivity index (χ3n) is 4.09. The molecule has 0 saturated carbocycles. The lowest BCUT2D eigenvalue weighted by atomic mass is 9.98. The Morgan fingerprint density at radius 2 is 1.96 bits per heavy atom. The Labute approximate surface area is 147 Å². The average Bonchev–Trinajstić information content (AvgIpc) is 2.64. The summed E-state index contributed by atoms with van der Waals surface area (Å²) in [4.78, 5) is 12.5. The van der Waals surface area contributed by atoms with E-state index < -0.39 is 6.10 Å². The first-order valence-electron chi connectivity index (χ1n) is 8.14. The molecule has 1 saturated heterocycles. The lowest BCUT2D eigenvalue weighted by Gasteiger charge is -2.26. The van der Waals surface area contributed by atoms with Gasteiger partial charge in [0, 0.05) is 18.1 Å². The Morgan fingerprint density at radius 1 is 1.21 bits per heavy atom. The molecule has 2 unspecified atom stereocenters. The summed E-state index contributed by atoms with van der Waals surface area (Å²) in [6, 6.07) is 17.6. The van der Waals surface area contributed by atoms with Crippen molar-refractivity contribution in [2.24, 2.45) is 0 Å². The van der Waals surface area contributed by atoms with Gasteiger partial charge in [-0.15, -0.1) is 0 Å². The molecule has 5 heteroatoms. The van der Waals surface area contributed by atoms with Gasteiger partial charge in [0.1, 0.15) is 6.10 Å². The molecular weight excluding hydrogens is 324 g/mol. The molecule has 1 heterocycles. The van der Waals surface area contributed by atoms with Gasteiger partial charge in [-0.3, -0.25) is 4.79 Å². The second kappa shape index (κ2) is 8.29. The number of nitrogens with one attached hydrogen (secondary N) is 2. The fraction of sp³-hybridized carbons (Fsp3) is 0.316. The molecule has 2 N–H and O–H groups in total. The Morgan fingerprint density at radius 3 is 2.62 bits per heavy atom. The first kappa shape index (κ1) is 17.0. The van der Waals surface area contributed by atoms with E-state index >= 15 is 0 Å². The molecule has 2 aromatic carbocycles. The number of ether oxygens (including phenoxy) is 1. The molecule has 0 spiro atoms. The Bertz CT molecular complexity index is 655. The predicted molar refractivity (Wildman–Crippen MR) is 95.1 cm³/mol. The highest BCUT2D eigenvalue weighted by Gasteiger charge is 2.24. The monoisotopic (exact) mass is 344 g/mol. The molecule has 1 amide bonds. The van der Waals surface area contributed by atoms with Crippen LogP contribution in [-0.2, 0) is 16.0 Å². The van der Waals surface area contributed by atoms with E-state index in [-0.39, 0.29) is 11.9 Å². The zero-order chi connectivity index (χ0) is 16.8. The molecule has 2 atom stereocenters. The van der Waals surface area contributed by atoms with E-state index in [9.17, 15) is 4.79 Å². The minimum Gasteiger partial charge on any atom is -0.366 e.